The Hall–Kier alpha value is -1.79. The molecule has 2 N–H and O–H groups in total. The van der Waals surface area contributed by atoms with Crippen molar-refractivity contribution in [2.75, 3.05) is 19.0 Å². The highest BCUT2D eigenvalue weighted by Crippen LogP contribution is 2.33. The lowest BCUT2D eigenvalue weighted by Gasteiger charge is -2.46. The number of ether oxygens (including phenoxy) is 1. The maximum absolute atomic E-state index is 12.9. The van der Waals surface area contributed by atoms with Crippen molar-refractivity contribution in [3.05, 3.63) is 22.7 Å². The molecule has 3 atom stereocenters. The number of benzene rings is 1. The van der Waals surface area contributed by atoms with Crippen LogP contribution >= 0.6 is 11.6 Å². The molecule has 2 heterocycles. The van der Waals surface area contributed by atoms with Crippen molar-refractivity contribution in [3.8, 4) is 5.75 Å². The molecule has 27 heavy (non-hydrogen) atoms. The Labute approximate surface area is 165 Å². The number of piperidine rings is 2. The van der Waals surface area contributed by atoms with Gasteiger partial charge in [-0.1, -0.05) is 18.0 Å². The van der Waals surface area contributed by atoms with Gasteiger partial charge in [-0.15, -0.1) is 0 Å². The molecular weight excluding hydrogens is 366 g/mol. The third-order valence-electron chi connectivity index (χ3n) is 5.67. The van der Waals surface area contributed by atoms with E-state index in [-0.39, 0.29) is 17.9 Å². The van der Waals surface area contributed by atoms with E-state index in [4.69, 9.17) is 16.3 Å². The molecule has 0 bridgehead atoms. The molecule has 1 aromatic rings. The highest BCUT2D eigenvalue weighted by atomic mass is 35.5. The lowest BCUT2D eigenvalue weighted by molar-refractivity contribution is -0.114. The minimum absolute atomic E-state index is 0.155. The highest BCUT2D eigenvalue weighted by Gasteiger charge is 2.34. The van der Waals surface area contributed by atoms with Gasteiger partial charge >= 0.3 is 0 Å². The molecule has 0 radical (unpaired) electrons. The summed E-state index contributed by atoms with van der Waals surface area (Å²) >= 11 is 6.24. The molecule has 2 fully saturated rings. The van der Waals surface area contributed by atoms with Crippen LogP contribution in [0.5, 0.6) is 5.75 Å². The van der Waals surface area contributed by atoms with E-state index in [0.717, 1.165) is 19.4 Å². The van der Waals surface area contributed by atoms with Crippen molar-refractivity contribution >= 4 is 29.1 Å². The van der Waals surface area contributed by atoms with Gasteiger partial charge in [-0.25, -0.2) is 0 Å². The quantitative estimate of drug-likeness (QED) is 0.822. The number of halogens is 1. The molecule has 0 aliphatic carbocycles. The SMILES string of the molecule is COc1cc(NC(C)=O)c(Cl)cc1C(=O)NC1CCN2C(C)CCCC2C1. The van der Waals surface area contributed by atoms with Crippen LogP contribution in [0.1, 0.15) is 56.3 Å². The van der Waals surface area contributed by atoms with Crippen LogP contribution in [0.25, 0.3) is 0 Å². The minimum Gasteiger partial charge on any atom is -0.496 e. The second-order valence-electron chi connectivity index (χ2n) is 7.58. The number of hydrogen-bond acceptors (Lipinski definition) is 4. The first kappa shape index (κ1) is 20.0. The Bertz CT molecular complexity index is 725. The van der Waals surface area contributed by atoms with Crippen molar-refractivity contribution in [2.45, 2.75) is 64.1 Å². The summed E-state index contributed by atoms with van der Waals surface area (Å²) in [5.41, 5.74) is 0.818. The number of anilines is 1. The summed E-state index contributed by atoms with van der Waals surface area (Å²) in [4.78, 5) is 26.7. The zero-order chi connectivity index (χ0) is 19.6. The Morgan fingerprint density at radius 3 is 2.74 bits per heavy atom. The Morgan fingerprint density at radius 1 is 1.26 bits per heavy atom. The molecule has 1 aromatic carbocycles. The second kappa shape index (κ2) is 8.48. The van der Waals surface area contributed by atoms with E-state index in [1.54, 1.807) is 12.1 Å². The smallest absolute Gasteiger partial charge is 0.255 e. The van der Waals surface area contributed by atoms with Crippen LogP contribution in [0.4, 0.5) is 5.69 Å². The maximum Gasteiger partial charge on any atom is 0.255 e. The molecule has 7 heteroatoms. The molecule has 0 aromatic heterocycles. The number of methoxy groups -OCH3 is 1. The van der Waals surface area contributed by atoms with Gasteiger partial charge in [0, 0.05) is 37.7 Å². The third kappa shape index (κ3) is 4.55. The largest absolute Gasteiger partial charge is 0.496 e. The summed E-state index contributed by atoms with van der Waals surface area (Å²) in [5.74, 6) is -0.0283. The van der Waals surface area contributed by atoms with Crippen LogP contribution < -0.4 is 15.4 Å². The summed E-state index contributed by atoms with van der Waals surface area (Å²) in [6.45, 7) is 4.73. The van der Waals surface area contributed by atoms with E-state index in [2.05, 4.69) is 22.5 Å². The fraction of sp³-hybridized carbons (Fsp3) is 0.600. The summed E-state index contributed by atoms with van der Waals surface area (Å²) in [6.07, 6.45) is 5.67. The van der Waals surface area contributed by atoms with Crippen molar-refractivity contribution in [1.82, 2.24) is 10.2 Å². The lowest BCUT2D eigenvalue weighted by Crippen LogP contribution is -2.54. The van der Waals surface area contributed by atoms with Crippen LogP contribution in [-0.4, -0.2) is 48.5 Å². The molecule has 0 spiro atoms. The third-order valence-corrected chi connectivity index (χ3v) is 5.98. The molecular formula is C20H28ClN3O3. The number of fused-ring (bicyclic) bond motifs is 1. The van der Waals surface area contributed by atoms with Gasteiger partial charge in [0.05, 0.1) is 23.4 Å². The summed E-state index contributed by atoms with van der Waals surface area (Å²) in [6, 6.07) is 4.49. The molecule has 3 unspecified atom stereocenters. The number of carbonyl (C=O) groups excluding carboxylic acids is 2. The Morgan fingerprint density at radius 2 is 2.04 bits per heavy atom. The van der Waals surface area contributed by atoms with E-state index >= 15 is 0 Å². The van der Waals surface area contributed by atoms with Crippen molar-refractivity contribution in [1.29, 1.82) is 0 Å². The number of nitrogens with zero attached hydrogens (tertiary/aromatic N) is 1. The molecule has 0 saturated carbocycles. The number of carbonyl (C=O) groups is 2. The highest BCUT2D eigenvalue weighted by molar-refractivity contribution is 6.34. The zero-order valence-electron chi connectivity index (χ0n) is 16.2. The van der Waals surface area contributed by atoms with Crippen LogP contribution in [0.3, 0.4) is 0 Å². The Balaban J connectivity index is 1.70. The molecule has 2 amide bonds. The minimum atomic E-state index is -0.232. The van der Waals surface area contributed by atoms with Crippen LogP contribution in [0.15, 0.2) is 12.1 Å². The molecule has 3 rings (SSSR count). The molecule has 148 valence electrons. The fourth-order valence-electron chi connectivity index (χ4n) is 4.33. The summed E-state index contributed by atoms with van der Waals surface area (Å²) < 4.78 is 5.35. The van der Waals surface area contributed by atoms with E-state index in [0.29, 0.717) is 34.1 Å². The maximum atomic E-state index is 12.9. The van der Waals surface area contributed by atoms with Crippen molar-refractivity contribution in [3.63, 3.8) is 0 Å². The van der Waals surface area contributed by atoms with Crippen LogP contribution in [0, 0.1) is 0 Å². The van der Waals surface area contributed by atoms with Gasteiger partial charge in [-0.2, -0.15) is 0 Å². The van der Waals surface area contributed by atoms with Gasteiger partial charge in [0.15, 0.2) is 0 Å². The first-order valence-electron chi connectivity index (χ1n) is 9.60. The van der Waals surface area contributed by atoms with E-state index in [9.17, 15) is 9.59 Å². The molecule has 2 aliphatic rings. The predicted molar refractivity (Wildman–Crippen MR) is 107 cm³/mol. The van der Waals surface area contributed by atoms with Crippen LogP contribution in [0.2, 0.25) is 5.02 Å². The number of rotatable bonds is 4. The predicted octanol–water partition coefficient (Wildman–Crippen LogP) is 3.44. The monoisotopic (exact) mass is 393 g/mol. The number of hydrogen-bond donors (Lipinski definition) is 2. The number of nitrogens with one attached hydrogen (secondary N) is 2. The number of amides is 2. The van der Waals surface area contributed by atoms with Gasteiger partial charge in [0.25, 0.3) is 5.91 Å². The van der Waals surface area contributed by atoms with Gasteiger partial charge in [0.1, 0.15) is 5.75 Å². The van der Waals surface area contributed by atoms with Gasteiger partial charge in [-0.05, 0) is 38.7 Å². The van der Waals surface area contributed by atoms with Crippen molar-refractivity contribution < 1.29 is 14.3 Å². The van der Waals surface area contributed by atoms with Gasteiger partial charge < -0.3 is 15.4 Å². The average Bonchev–Trinajstić information content (AvgIpc) is 2.62. The van der Waals surface area contributed by atoms with Gasteiger partial charge in [0.2, 0.25) is 5.91 Å². The second-order valence-corrected chi connectivity index (χ2v) is 7.99. The van der Waals surface area contributed by atoms with Gasteiger partial charge in [-0.3, -0.25) is 14.5 Å². The molecule has 2 saturated heterocycles. The first-order valence-corrected chi connectivity index (χ1v) is 9.98. The van der Waals surface area contributed by atoms with E-state index in [1.165, 1.54) is 33.3 Å². The molecule has 6 nitrogen and oxygen atoms in total. The topological polar surface area (TPSA) is 70.7 Å². The summed E-state index contributed by atoms with van der Waals surface area (Å²) in [7, 11) is 1.50. The van der Waals surface area contributed by atoms with E-state index in [1.807, 2.05) is 0 Å². The first-order chi connectivity index (χ1) is 12.9. The summed E-state index contributed by atoms with van der Waals surface area (Å²) in [5, 5.41) is 6.11. The normalized spacial score (nSPS) is 25.4. The average molecular weight is 394 g/mol. The zero-order valence-corrected chi connectivity index (χ0v) is 16.9. The Kier molecular flexibility index (Phi) is 6.27. The van der Waals surface area contributed by atoms with Crippen LogP contribution in [-0.2, 0) is 4.79 Å². The lowest BCUT2D eigenvalue weighted by atomic mass is 9.87. The fourth-order valence-corrected chi connectivity index (χ4v) is 4.54. The van der Waals surface area contributed by atoms with E-state index < -0.39 is 0 Å². The molecule has 2 aliphatic heterocycles. The standard InChI is InChI=1S/C20H28ClN3O3/c1-12-5-4-6-15-9-14(7-8-24(12)15)23-20(26)16-10-17(21)18(22-13(2)25)11-19(16)27-3/h10-12,14-15H,4-9H2,1-3H3,(H,22,25)(H,23,26). The van der Waals surface area contributed by atoms with Crippen molar-refractivity contribution in [2.24, 2.45) is 0 Å².